The zero-order valence-corrected chi connectivity index (χ0v) is 23.4. The van der Waals surface area contributed by atoms with Gasteiger partial charge in [-0.3, -0.25) is 9.78 Å². The number of methoxy groups -OCH3 is 2. The van der Waals surface area contributed by atoms with Gasteiger partial charge in [0.1, 0.15) is 5.82 Å². The second-order valence-corrected chi connectivity index (χ2v) is 9.68. The summed E-state index contributed by atoms with van der Waals surface area (Å²) in [6, 6.07) is 20.4. The van der Waals surface area contributed by atoms with Crippen LogP contribution in [0.2, 0.25) is 0 Å². The maximum absolute atomic E-state index is 14.4. The number of nitrogens with zero attached hydrogens (tertiary/aromatic N) is 1. The smallest absolute Gasteiger partial charge is 0.343 e. The average Bonchev–Trinajstić information content (AvgIpc) is 3.26. The van der Waals surface area contributed by atoms with Gasteiger partial charge in [-0.1, -0.05) is 30.3 Å². The molecule has 0 unspecified atom stereocenters. The molecular formula is C34H29FN2O5. The van der Waals surface area contributed by atoms with Gasteiger partial charge in [0.25, 0.3) is 0 Å². The minimum atomic E-state index is -0.546. The van der Waals surface area contributed by atoms with Crippen molar-refractivity contribution >= 4 is 29.1 Å². The van der Waals surface area contributed by atoms with Gasteiger partial charge in [0.15, 0.2) is 11.5 Å². The summed E-state index contributed by atoms with van der Waals surface area (Å²) in [5.41, 5.74) is 5.88. The van der Waals surface area contributed by atoms with E-state index in [1.807, 2.05) is 31.2 Å². The topological polar surface area (TPSA) is 86.8 Å². The van der Waals surface area contributed by atoms with Gasteiger partial charge in [0, 0.05) is 18.9 Å². The van der Waals surface area contributed by atoms with Gasteiger partial charge in [-0.15, -0.1) is 0 Å². The summed E-state index contributed by atoms with van der Waals surface area (Å²) in [7, 11) is 2.96. The van der Waals surface area contributed by atoms with Gasteiger partial charge < -0.3 is 19.5 Å². The SMILES string of the molecule is COc1cc(C=C2C(C)=C(CC(=O)NCc3cccnc3)c3cc(F)ccc32)cc(OC)c1OC(=O)c1ccccc1. The number of hydrogen-bond donors (Lipinski definition) is 1. The number of benzene rings is 3. The Balaban J connectivity index is 1.47. The lowest BCUT2D eigenvalue weighted by Gasteiger charge is -2.15. The van der Waals surface area contributed by atoms with Crippen LogP contribution in [-0.4, -0.2) is 31.1 Å². The minimum Gasteiger partial charge on any atom is -0.493 e. The van der Waals surface area contributed by atoms with Crippen LogP contribution >= 0.6 is 0 Å². The molecule has 3 aromatic carbocycles. The Labute approximate surface area is 243 Å². The molecule has 1 aliphatic rings. The molecule has 0 bridgehead atoms. The largest absolute Gasteiger partial charge is 0.493 e. The van der Waals surface area contributed by atoms with Crippen LogP contribution in [0.25, 0.3) is 17.2 Å². The Morgan fingerprint density at radius 3 is 2.33 bits per heavy atom. The van der Waals surface area contributed by atoms with E-state index < -0.39 is 5.97 Å². The molecule has 0 aliphatic heterocycles. The number of esters is 1. The van der Waals surface area contributed by atoms with Crippen molar-refractivity contribution in [3.8, 4) is 17.2 Å². The van der Waals surface area contributed by atoms with E-state index in [1.54, 1.807) is 54.9 Å². The number of aromatic nitrogens is 1. The first-order valence-electron chi connectivity index (χ1n) is 13.3. The van der Waals surface area contributed by atoms with Crippen LogP contribution in [0, 0.1) is 5.82 Å². The van der Waals surface area contributed by atoms with Crippen molar-refractivity contribution < 1.29 is 28.2 Å². The lowest BCUT2D eigenvalue weighted by molar-refractivity contribution is -0.120. The van der Waals surface area contributed by atoms with E-state index in [9.17, 15) is 14.0 Å². The average molecular weight is 565 g/mol. The predicted octanol–water partition coefficient (Wildman–Crippen LogP) is 6.49. The highest BCUT2D eigenvalue weighted by Crippen LogP contribution is 2.45. The Hall–Kier alpha value is -5.24. The van der Waals surface area contributed by atoms with Crippen LogP contribution < -0.4 is 19.5 Å². The van der Waals surface area contributed by atoms with Gasteiger partial charge in [0.05, 0.1) is 26.2 Å². The predicted molar refractivity (Wildman–Crippen MR) is 159 cm³/mol. The van der Waals surface area contributed by atoms with Crippen LogP contribution in [0.5, 0.6) is 17.2 Å². The van der Waals surface area contributed by atoms with Crippen LogP contribution in [0.4, 0.5) is 4.39 Å². The third-order valence-electron chi connectivity index (χ3n) is 7.00. The highest BCUT2D eigenvalue weighted by Gasteiger charge is 2.26. The number of carbonyl (C=O) groups excluding carboxylic acids is 2. The molecule has 0 spiro atoms. The molecule has 8 heteroatoms. The molecular weight excluding hydrogens is 535 g/mol. The number of carbonyl (C=O) groups is 2. The summed E-state index contributed by atoms with van der Waals surface area (Å²) >= 11 is 0. The van der Waals surface area contributed by atoms with E-state index in [-0.39, 0.29) is 23.9 Å². The summed E-state index contributed by atoms with van der Waals surface area (Å²) < 4.78 is 31.2. The second-order valence-electron chi connectivity index (χ2n) is 9.68. The highest BCUT2D eigenvalue weighted by atomic mass is 19.1. The molecule has 42 heavy (non-hydrogen) atoms. The number of nitrogens with one attached hydrogen (secondary N) is 1. The zero-order valence-electron chi connectivity index (χ0n) is 23.4. The van der Waals surface area contributed by atoms with Crippen LogP contribution in [0.15, 0.2) is 90.8 Å². The minimum absolute atomic E-state index is 0.0842. The van der Waals surface area contributed by atoms with Gasteiger partial charge in [-0.25, -0.2) is 9.18 Å². The first-order chi connectivity index (χ1) is 20.4. The number of allylic oxidation sites excluding steroid dienone is 2. The number of rotatable bonds is 9. The summed E-state index contributed by atoms with van der Waals surface area (Å²) in [5.74, 6) is -0.348. The van der Waals surface area contributed by atoms with Crippen molar-refractivity contribution in [1.29, 1.82) is 0 Å². The van der Waals surface area contributed by atoms with Gasteiger partial charge >= 0.3 is 5.97 Å². The molecule has 1 aromatic heterocycles. The van der Waals surface area contributed by atoms with E-state index in [0.29, 0.717) is 34.7 Å². The van der Waals surface area contributed by atoms with Crippen molar-refractivity contribution in [2.75, 3.05) is 14.2 Å². The molecule has 0 radical (unpaired) electrons. The van der Waals surface area contributed by atoms with Gasteiger partial charge in [-0.2, -0.15) is 0 Å². The monoisotopic (exact) mass is 564 g/mol. The Morgan fingerprint density at radius 1 is 0.929 bits per heavy atom. The fourth-order valence-electron chi connectivity index (χ4n) is 4.88. The lowest BCUT2D eigenvalue weighted by atomic mass is 10.00. The summed E-state index contributed by atoms with van der Waals surface area (Å²) in [4.78, 5) is 29.7. The molecule has 1 heterocycles. The second kappa shape index (κ2) is 12.5. The first-order valence-corrected chi connectivity index (χ1v) is 13.3. The van der Waals surface area contributed by atoms with Crippen LogP contribution in [0.3, 0.4) is 0 Å². The molecule has 5 rings (SSSR count). The van der Waals surface area contributed by atoms with Gasteiger partial charge in [0.2, 0.25) is 11.7 Å². The molecule has 0 saturated heterocycles. The zero-order chi connectivity index (χ0) is 29.6. The molecule has 0 saturated carbocycles. The quantitative estimate of drug-likeness (QED) is 0.185. The van der Waals surface area contributed by atoms with Crippen molar-refractivity contribution in [1.82, 2.24) is 10.3 Å². The molecule has 212 valence electrons. The summed E-state index contributed by atoms with van der Waals surface area (Å²) in [5, 5.41) is 2.92. The summed E-state index contributed by atoms with van der Waals surface area (Å²) in [6.45, 7) is 2.26. The van der Waals surface area contributed by atoms with Crippen LogP contribution in [-0.2, 0) is 11.3 Å². The maximum Gasteiger partial charge on any atom is 0.343 e. The van der Waals surface area contributed by atoms with Crippen molar-refractivity contribution in [3.63, 3.8) is 0 Å². The molecule has 1 N–H and O–H groups in total. The van der Waals surface area contributed by atoms with Crippen molar-refractivity contribution in [3.05, 3.63) is 124 Å². The molecule has 7 nitrogen and oxygen atoms in total. The maximum atomic E-state index is 14.4. The molecule has 1 amide bonds. The Bertz CT molecular complexity index is 1670. The third kappa shape index (κ3) is 6.07. The molecule has 0 atom stereocenters. The molecule has 4 aromatic rings. The molecule has 0 fully saturated rings. The van der Waals surface area contributed by atoms with Crippen molar-refractivity contribution in [2.24, 2.45) is 0 Å². The van der Waals surface area contributed by atoms with E-state index in [2.05, 4.69) is 10.3 Å². The fraction of sp³-hybridized carbons (Fsp3) is 0.147. The third-order valence-corrected chi connectivity index (χ3v) is 7.00. The molecule has 1 aliphatic carbocycles. The van der Waals surface area contributed by atoms with Gasteiger partial charge in [-0.05, 0) is 94.4 Å². The standard InChI is InChI=1S/C34H29FN2O5/c1-21-27(14-23-15-30(40-2)33(31(16-23)41-3)42-34(39)24-9-5-4-6-10-24)26-12-11-25(35)17-29(26)28(21)18-32(38)37-20-22-8-7-13-36-19-22/h4-17,19H,18,20H2,1-3H3,(H,37,38). The number of ether oxygens (including phenoxy) is 3. The fourth-order valence-corrected chi connectivity index (χ4v) is 4.88. The normalized spacial score (nSPS) is 13.1. The van der Waals surface area contributed by atoms with E-state index in [4.69, 9.17) is 14.2 Å². The Morgan fingerprint density at radius 2 is 1.67 bits per heavy atom. The lowest BCUT2D eigenvalue weighted by Crippen LogP contribution is -2.22. The number of amides is 1. The summed E-state index contributed by atoms with van der Waals surface area (Å²) in [6.07, 6.45) is 5.37. The Kier molecular flexibility index (Phi) is 8.43. The van der Waals surface area contributed by atoms with E-state index in [1.165, 1.54) is 26.4 Å². The van der Waals surface area contributed by atoms with Crippen molar-refractivity contribution in [2.45, 2.75) is 19.9 Å². The van der Waals surface area contributed by atoms with E-state index in [0.717, 1.165) is 27.8 Å². The number of halogens is 1. The first kappa shape index (κ1) is 28.3. The number of pyridine rings is 1. The van der Waals surface area contributed by atoms with Crippen LogP contribution in [0.1, 0.15) is 46.0 Å². The number of hydrogen-bond acceptors (Lipinski definition) is 6. The van der Waals surface area contributed by atoms with E-state index >= 15 is 0 Å². The highest BCUT2D eigenvalue weighted by molar-refractivity contribution is 6.08. The number of fused-ring (bicyclic) bond motifs is 1.